The highest BCUT2D eigenvalue weighted by Gasteiger charge is 2.37. The van der Waals surface area contributed by atoms with Gasteiger partial charge in [-0.3, -0.25) is 4.79 Å². The van der Waals surface area contributed by atoms with E-state index in [0.717, 1.165) is 18.4 Å². The first kappa shape index (κ1) is 10.5. The van der Waals surface area contributed by atoms with Crippen molar-refractivity contribution in [1.29, 1.82) is 0 Å². The van der Waals surface area contributed by atoms with Gasteiger partial charge < -0.3 is 0 Å². The fourth-order valence-electron chi connectivity index (χ4n) is 2.15. The van der Waals surface area contributed by atoms with Crippen molar-refractivity contribution >= 4 is 5.78 Å². The lowest BCUT2D eigenvalue weighted by Gasteiger charge is -2.39. The first-order valence-corrected chi connectivity index (χ1v) is 5.13. The van der Waals surface area contributed by atoms with Gasteiger partial charge in [-0.25, -0.2) is 0 Å². The molecule has 13 heavy (non-hydrogen) atoms. The Kier molecular flexibility index (Phi) is 2.65. The lowest BCUT2D eigenvalue weighted by molar-refractivity contribution is -0.119. The van der Waals surface area contributed by atoms with Gasteiger partial charge in [0.05, 0.1) is 0 Å². The minimum atomic E-state index is 0.195. The fraction of sp³-hybridized carbons (Fsp3) is 0.750. The van der Waals surface area contributed by atoms with Crippen LogP contribution in [0.5, 0.6) is 0 Å². The average molecular weight is 180 g/mol. The van der Waals surface area contributed by atoms with Gasteiger partial charge in [-0.05, 0) is 37.2 Å². The molecule has 0 unspecified atom stereocenters. The van der Waals surface area contributed by atoms with E-state index in [4.69, 9.17) is 0 Å². The summed E-state index contributed by atoms with van der Waals surface area (Å²) in [6, 6.07) is 0. The minimum absolute atomic E-state index is 0.195. The number of carbonyl (C=O) groups is 1. The van der Waals surface area contributed by atoms with Crippen molar-refractivity contribution in [3.05, 3.63) is 11.1 Å². The smallest absolute Gasteiger partial charge is 0.159 e. The van der Waals surface area contributed by atoms with Crippen LogP contribution in [0.2, 0.25) is 0 Å². The zero-order chi connectivity index (χ0) is 10.2. The summed E-state index contributed by atoms with van der Waals surface area (Å²) < 4.78 is 0. The molecule has 0 saturated heterocycles. The Morgan fingerprint density at radius 3 is 2.46 bits per heavy atom. The monoisotopic (exact) mass is 180 g/mol. The summed E-state index contributed by atoms with van der Waals surface area (Å²) in [4.78, 5) is 11.7. The van der Waals surface area contributed by atoms with Gasteiger partial charge in [0.2, 0.25) is 0 Å². The standard InChI is InChI=1S/C12H20O/c1-6-12(5)7-11(13)9(3)8(2)10(12)4/h10H,6-7H2,1-5H3/t10-,12+/m0/s1. The third-order valence-electron chi connectivity index (χ3n) is 4.08. The molecule has 0 heterocycles. The number of hydrogen-bond donors (Lipinski definition) is 0. The Labute approximate surface area is 81.2 Å². The minimum Gasteiger partial charge on any atom is -0.295 e. The Bertz CT molecular complexity index is 262. The van der Waals surface area contributed by atoms with E-state index in [0.29, 0.717) is 11.7 Å². The molecule has 0 aromatic heterocycles. The maximum absolute atomic E-state index is 11.7. The van der Waals surface area contributed by atoms with E-state index in [2.05, 4.69) is 27.7 Å². The van der Waals surface area contributed by atoms with Crippen molar-refractivity contribution in [2.75, 3.05) is 0 Å². The van der Waals surface area contributed by atoms with E-state index >= 15 is 0 Å². The van der Waals surface area contributed by atoms with Crippen molar-refractivity contribution in [1.82, 2.24) is 0 Å². The third kappa shape index (κ3) is 1.56. The molecule has 0 fully saturated rings. The molecule has 1 heteroatoms. The second-order valence-corrected chi connectivity index (χ2v) is 4.64. The van der Waals surface area contributed by atoms with Crippen LogP contribution < -0.4 is 0 Å². The lowest BCUT2D eigenvalue weighted by atomic mass is 9.64. The van der Waals surface area contributed by atoms with Crippen LogP contribution in [0, 0.1) is 11.3 Å². The number of hydrogen-bond acceptors (Lipinski definition) is 1. The van der Waals surface area contributed by atoms with E-state index in [9.17, 15) is 4.79 Å². The predicted octanol–water partition coefficient (Wildman–Crippen LogP) is 3.35. The topological polar surface area (TPSA) is 17.1 Å². The second kappa shape index (κ2) is 3.28. The predicted molar refractivity (Wildman–Crippen MR) is 55.6 cm³/mol. The molecule has 0 aromatic carbocycles. The summed E-state index contributed by atoms with van der Waals surface area (Å²) in [7, 11) is 0. The van der Waals surface area contributed by atoms with E-state index in [1.165, 1.54) is 5.57 Å². The second-order valence-electron chi connectivity index (χ2n) is 4.64. The highest BCUT2D eigenvalue weighted by Crippen LogP contribution is 2.44. The fourth-order valence-corrected chi connectivity index (χ4v) is 2.15. The Balaban J connectivity index is 3.09. The quantitative estimate of drug-likeness (QED) is 0.605. The maximum atomic E-state index is 11.7. The molecule has 2 atom stereocenters. The van der Waals surface area contributed by atoms with Crippen molar-refractivity contribution < 1.29 is 4.79 Å². The summed E-state index contributed by atoms with van der Waals surface area (Å²) in [6.45, 7) is 10.7. The van der Waals surface area contributed by atoms with Gasteiger partial charge in [0, 0.05) is 6.42 Å². The molecule has 1 rings (SSSR count). The van der Waals surface area contributed by atoms with Crippen molar-refractivity contribution in [3.63, 3.8) is 0 Å². The molecule has 1 aliphatic rings. The van der Waals surface area contributed by atoms with Gasteiger partial charge in [-0.15, -0.1) is 0 Å². The first-order valence-electron chi connectivity index (χ1n) is 5.13. The van der Waals surface area contributed by atoms with Crippen LogP contribution >= 0.6 is 0 Å². The van der Waals surface area contributed by atoms with Crippen LogP contribution in [0.25, 0.3) is 0 Å². The van der Waals surface area contributed by atoms with Gasteiger partial charge in [-0.1, -0.05) is 26.3 Å². The Morgan fingerprint density at radius 1 is 1.46 bits per heavy atom. The molecular weight excluding hydrogens is 160 g/mol. The van der Waals surface area contributed by atoms with Crippen LogP contribution in [-0.2, 0) is 4.79 Å². The van der Waals surface area contributed by atoms with Crippen LogP contribution in [0.3, 0.4) is 0 Å². The molecule has 0 aliphatic heterocycles. The van der Waals surface area contributed by atoms with Gasteiger partial charge in [0.15, 0.2) is 5.78 Å². The number of Topliss-reactive ketones (excluding diaryl/α,β-unsaturated/α-hetero) is 1. The van der Waals surface area contributed by atoms with E-state index < -0.39 is 0 Å². The molecule has 0 N–H and O–H groups in total. The molecule has 0 radical (unpaired) electrons. The van der Waals surface area contributed by atoms with Gasteiger partial charge in [-0.2, -0.15) is 0 Å². The molecule has 0 spiro atoms. The van der Waals surface area contributed by atoms with Crippen LogP contribution in [0.1, 0.15) is 47.5 Å². The molecule has 74 valence electrons. The normalized spacial score (nSPS) is 35.5. The third-order valence-corrected chi connectivity index (χ3v) is 4.08. The van der Waals surface area contributed by atoms with Crippen LogP contribution in [0.4, 0.5) is 0 Å². The van der Waals surface area contributed by atoms with Crippen LogP contribution in [0.15, 0.2) is 11.1 Å². The SMILES string of the molecule is CC[C@]1(C)CC(=O)C(C)=C(C)[C@@H]1C. The zero-order valence-corrected chi connectivity index (χ0v) is 9.40. The van der Waals surface area contributed by atoms with Crippen molar-refractivity contribution in [2.24, 2.45) is 11.3 Å². The molecular formula is C12H20O. The zero-order valence-electron chi connectivity index (χ0n) is 9.40. The molecule has 0 aromatic rings. The van der Waals surface area contributed by atoms with E-state index in [-0.39, 0.29) is 5.41 Å². The number of allylic oxidation sites excluding steroid dienone is 2. The van der Waals surface area contributed by atoms with Gasteiger partial charge >= 0.3 is 0 Å². The molecule has 1 nitrogen and oxygen atoms in total. The summed E-state index contributed by atoms with van der Waals surface area (Å²) in [5.41, 5.74) is 2.49. The van der Waals surface area contributed by atoms with E-state index in [1.54, 1.807) is 0 Å². The number of rotatable bonds is 1. The summed E-state index contributed by atoms with van der Waals surface area (Å²) in [5, 5.41) is 0. The van der Waals surface area contributed by atoms with Crippen molar-refractivity contribution in [2.45, 2.75) is 47.5 Å². The van der Waals surface area contributed by atoms with E-state index in [1.807, 2.05) is 6.92 Å². The van der Waals surface area contributed by atoms with Crippen molar-refractivity contribution in [3.8, 4) is 0 Å². The summed E-state index contributed by atoms with van der Waals surface area (Å²) in [6.07, 6.45) is 1.82. The molecule has 0 amide bonds. The molecule has 0 bridgehead atoms. The average Bonchev–Trinajstić information content (AvgIpc) is 2.12. The highest BCUT2D eigenvalue weighted by atomic mass is 16.1. The molecule has 0 saturated carbocycles. The van der Waals surface area contributed by atoms with Crippen LogP contribution in [-0.4, -0.2) is 5.78 Å². The molecule has 1 aliphatic carbocycles. The Morgan fingerprint density at radius 2 is 2.00 bits per heavy atom. The number of carbonyl (C=O) groups excluding carboxylic acids is 1. The first-order chi connectivity index (χ1) is 5.92. The number of ketones is 1. The Hall–Kier alpha value is -0.590. The maximum Gasteiger partial charge on any atom is 0.159 e. The highest BCUT2D eigenvalue weighted by molar-refractivity contribution is 5.97. The van der Waals surface area contributed by atoms with Gasteiger partial charge in [0.25, 0.3) is 0 Å². The largest absolute Gasteiger partial charge is 0.295 e. The lowest BCUT2D eigenvalue weighted by Crippen LogP contribution is -2.34. The van der Waals surface area contributed by atoms with Gasteiger partial charge in [0.1, 0.15) is 0 Å². The summed E-state index contributed by atoms with van der Waals surface area (Å²) >= 11 is 0. The summed E-state index contributed by atoms with van der Waals surface area (Å²) in [5.74, 6) is 0.898.